The van der Waals surface area contributed by atoms with Gasteiger partial charge in [-0.05, 0) is 22.0 Å². The highest BCUT2D eigenvalue weighted by Gasteiger charge is 2.29. The number of fused-ring (bicyclic) bond motifs is 1. The van der Waals surface area contributed by atoms with E-state index in [1.54, 1.807) is 4.40 Å². The van der Waals surface area contributed by atoms with Gasteiger partial charge in [-0.1, -0.05) is 91.0 Å². The van der Waals surface area contributed by atoms with Gasteiger partial charge < -0.3 is 5.11 Å². The number of thiazole rings is 1. The van der Waals surface area contributed by atoms with E-state index >= 15 is 0 Å². The van der Waals surface area contributed by atoms with E-state index in [9.17, 15) is 5.11 Å². The molecule has 0 aliphatic rings. The number of nitrogens with zero attached hydrogens (tertiary/aromatic N) is 3. The summed E-state index contributed by atoms with van der Waals surface area (Å²) in [5.74, 6) is 0.178. The number of benzene rings is 3. The Labute approximate surface area is 166 Å². The Hall–Kier alpha value is -3.57. The van der Waals surface area contributed by atoms with Crippen LogP contribution in [0.4, 0.5) is 0 Å². The molecule has 0 amide bonds. The van der Waals surface area contributed by atoms with Gasteiger partial charge in [0.05, 0.1) is 5.10 Å². The van der Waals surface area contributed by atoms with Crippen LogP contribution in [-0.4, -0.2) is 15.3 Å². The number of hydrogen-bond acceptors (Lipinski definition) is 4. The first-order valence-electron chi connectivity index (χ1n) is 8.93. The molecule has 0 aliphatic carbocycles. The van der Waals surface area contributed by atoms with Gasteiger partial charge in [-0.25, -0.2) is 0 Å². The minimum atomic E-state index is 0.178. The predicted octanol–water partition coefficient (Wildman–Crippen LogP) is 4.98. The highest BCUT2D eigenvalue weighted by molar-refractivity contribution is 7.20. The van der Waals surface area contributed by atoms with Gasteiger partial charge in [0, 0.05) is 11.1 Å². The van der Waals surface area contributed by atoms with Crippen molar-refractivity contribution in [2.45, 2.75) is 0 Å². The summed E-state index contributed by atoms with van der Waals surface area (Å²) in [4.78, 5) is 1.42. The van der Waals surface area contributed by atoms with Crippen LogP contribution in [0.15, 0.2) is 91.0 Å². The normalized spacial score (nSPS) is 11.0. The van der Waals surface area contributed by atoms with E-state index in [1.165, 1.54) is 11.3 Å². The summed E-state index contributed by atoms with van der Waals surface area (Å²) in [6.45, 7) is 0. The highest BCUT2D eigenvalue weighted by Crippen LogP contribution is 2.36. The Morgan fingerprint density at radius 1 is 0.643 bits per heavy atom. The van der Waals surface area contributed by atoms with E-state index in [0.717, 1.165) is 33.0 Å². The Bertz CT molecular complexity index is 1250. The molecule has 2 heterocycles. The summed E-state index contributed by atoms with van der Waals surface area (Å²) in [5.41, 5.74) is 4.44. The first-order valence-corrected chi connectivity index (χ1v) is 9.75. The third kappa shape index (κ3) is 2.73. The second kappa shape index (κ2) is 6.87. The molecule has 1 N–H and O–H groups in total. The van der Waals surface area contributed by atoms with E-state index in [0.29, 0.717) is 4.96 Å². The molecule has 0 aliphatic heterocycles. The van der Waals surface area contributed by atoms with Crippen molar-refractivity contribution in [3.63, 3.8) is 0 Å². The van der Waals surface area contributed by atoms with E-state index in [4.69, 9.17) is 0 Å². The van der Waals surface area contributed by atoms with Crippen molar-refractivity contribution in [2.24, 2.45) is 0 Å². The summed E-state index contributed by atoms with van der Waals surface area (Å²) < 4.78 is 1.80. The maximum Gasteiger partial charge on any atom is 0.417 e. The molecule has 0 fully saturated rings. The molecule has 5 heteroatoms. The van der Waals surface area contributed by atoms with Crippen LogP contribution >= 0.6 is 11.3 Å². The fourth-order valence-corrected chi connectivity index (χ4v) is 4.29. The van der Waals surface area contributed by atoms with Crippen LogP contribution in [-0.2, 0) is 0 Å². The van der Waals surface area contributed by atoms with Gasteiger partial charge in [-0.3, -0.25) is 0 Å². The van der Waals surface area contributed by atoms with E-state index in [2.05, 4.69) is 10.2 Å². The number of rotatable bonds is 3. The molecule has 0 spiro atoms. The van der Waals surface area contributed by atoms with Gasteiger partial charge in [0.2, 0.25) is 0 Å². The second-order valence-corrected chi connectivity index (χ2v) is 7.35. The molecule has 3 aromatic carbocycles. The average molecular weight is 382 g/mol. The molecule has 0 saturated heterocycles. The SMILES string of the molecule is Oc1c(-c2ccccc2)sc2nnc(-c3ccccc3)c(-c3ccccc3)[n+]12. The van der Waals surface area contributed by atoms with Crippen molar-refractivity contribution in [3.05, 3.63) is 91.0 Å². The summed E-state index contributed by atoms with van der Waals surface area (Å²) in [6, 6.07) is 29.8. The minimum absolute atomic E-state index is 0.178. The van der Waals surface area contributed by atoms with Gasteiger partial charge in [0.15, 0.2) is 11.4 Å². The first-order chi connectivity index (χ1) is 13.8. The topological polar surface area (TPSA) is 50.1 Å². The smallest absolute Gasteiger partial charge is 0.417 e. The lowest BCUT2D eigenvalue weighted by molar-refractivity contribution is -0.508. The standard InChI is InChI=1S/C23H15N3OS/c27-22-21(18-14-8-3-9-15-18)28-23-25-24-19(16-10-4-1-5-11-16)20(26(22)23)17-12-6-2-7-13-17/h1-15H/p+1. The predicted molar refractivity (Wildman–Crippen MR) is 111 cm³/mol. The van der Waals surface area contributed by atoms with Crippen molar-refractivity contribution in [1.29, 1.82) is 0 Å². The highest BCUT2D eigenvalue weighted by atomic mass is 32.1. The van der Waals surface area contributed by atoms with Crippen LogP contribution in [0.5, 0.6) is 5.88 Å². The minimum Gasteiger partial charge on any atom is -0.476 e. The third-order valence-electron chi connectivity index (χ3n) is 4.61. The molecule has 4 nitrogen and oxygen atoms in total. The maximum atomic E-state index is 11.2. The van der Waals surface area contributed by atoms with Gasteiger partial charge in [0.1, 0.15) is 4.88 Å². The Balaban J connectivity index is 1.86. The summed E-state index contributed by atoms with van der Waals surface area (Å²) in [6.07, 6.45) is 0. The quantitative estimate of drug-likeness (QED) is 0.448. The second-order valence-electron chi connectivity index (χ2n) is 6.37. The Kier molecular flexibility index (Phi) is 4.07. The lowest BCUT2D eigenvalue weighted by Gasteiger charge is -2.06. The maximum absolute atomic E-state index is 11.2. The molecule has 2 aromatic heterocycles. The summed E-state index contributed by atoms with van der Waals surface area (Å²) >= 11 is 1.43. The Morgan fingerprint density at radius 3 is 1.79 bits per heavy atom. The Morgan fingerprint density at radius 2 is 1.18 bits per heavy atom. The van der Waals surface area contributed by atoms with E-state index in [-0.39, 0.29) is 5.88 Å². The van der Waals surface area contributed by atoms with Crippen molar-refractivity contribution in [2.75, 3.05) is 0 Å². The molecule has 5 rings (SSSR count). The lowest BCUT2D eigenvalue weighted by atomic mass is 10.0. The molecular formula is C23H16N3OS+. The number of aromatic nitrogens is 3. The number of hydrogen-bond donors (Lipinski definition) is 1. The molecule has 5 aromatic rings. The van der Waals surface area contributed by atoms with Crippen LogP contribution in [0.25, 0.3) is 37.9 Å². The zero-order valence-corrected chi connectivity index (χ0v) is 15.7. The molecule has 134 valence electrons. The summed E-state index contributed by atoms with van der Waals surface area (Å²) in [7, 11) is 0. The van der Waals surface area contributed by atoms with Crippen LogP contribution in [0, 0.1) is 0 Å². The largest absolute Gasteiger partial charge is 0.476 e. The summed E-state index contributed by atoms with van der Waals surface area (Å²) in [5, 5.41) is 20.1. The van der Waals surface area contributed by atoms with Gasteiger partial charge in [0.25, 0.3) is 0 Å². The molecule has 0 unspecified atom stereocenters. The zero-order valence-electron chi connectivity index (χ0n) is 14.9. The average Bonchev–Trinajstić information content (AvgIpc) is 3.11. The van der Waals surface area contributed by atoms with Crippen molar-refractivity contribution in [3.8, 4) is 38.8 Å². The first kappa shape index (κ1) is 16.6. The van der Waals surface area contributed by atoms with Gasteiger partial charge >= 0.3 is 10.8 Å². The van der Waals surface area contributed by atoms with Gasteiger partial charge in [-0.15, -0.1) is 4.40 Å². The van der Waals surface area contributed by atoms with Gasteiger partial charge in [-0.2, -0.15) is 0 Å². The molecule has 0 saturated carbocycles. The van der Waals surface area contributed by atoms with E-state index < -0.39 is 0 Å². The molecular weight excluding hydrogens is 366 g/mol. The zero-order chi connectivity index (χ0) is 18.9. The molecule has 0 atom stereocenters. The monoisotopic (exact) mass is 382 g/mol. The third-order valence-corrected chi connectivity index (χ3v) is 5.68. The molecule has 0 bridgehead atoms. The van der Waals surface area contributed by atoms with Crippen LogP contribution < -0.4 is 4.40 Å². The molecule has 28 heavy (non-hydrogen) atoms. The number of aromatic hydroxyl groups is 1. The van der Waals surface area contributed by atoms with Crippen LogP contribution in [0.1, 0.15) is 0 Å². The fourth-order valence-electron chi connectivity index (χ4n) is 3.32. The lowest BCUT2D eigenvalue weighted by Crippen LogP contribution is -2.25. The molecule has 0 radical (unpaired) electrons. The van der Waals surface area contributed by atoms with Crippen molar-refractivity contribution >= 4 is 16.3 Å². The fraction of sp³-hybridized carbons (Fsp3) is 0. The van der Waals surface area contributed by atoms with Crippen molar-refractivity contribution in [1.82, 2.24) is 10.2 Å². The van der Waals surface area contributed by atoms with Crippen molar-refractivity contribution < 1.29 is 9.51 Å². The van der Waals surface area contributed by atoms with Crippen LogP contribution in [0.3, 0.4) is 0 Å². The van der Waals surface area contributed by atoms with Crippen LogP contribution in [0.2, 0.25) is 0 Å². The van der Waals surface area contributed by atoms with E-state index in [1.807, 2.05) is 91.0 Å².